The van der Waals surface area contributed by atoms with E-state index in [9.17, 15) is 9.59 Å². The van der Waals surface area contributed by atoms with E-state index >= 15 is 0 Å². The highest BCUT2D eigenvalue weighted by Crippen LogP contribution is 2.17. The first-order chi connectivity index (χ1) is 6.02. The van der Waals surface area contributed by atoms with Gasteiger partial charge in [-0.1, -0.05) is 15.9 Å². The van der Waals surface area contributed by atoms with Crippen LogP contribution in [0, 0.1) is 0 Å². The number of urea groups is 1. The summed E-state index contributed by atoms with van der Waals surface area (Å²) in [4.78, 5) is 23.7. The lowest BCUT2D eigenvalue weighted by Crippen LogP contribution is -2.47. The summed E-state index contributed by atoms with van der Waals surface area (Å²) in [6.45, 7) is 0.481. The lowest BCUT2D eigenvalue weighted by molar-refractivity contribution is -0.124. The molecular weight excluding hydrogens is 238 g/mol. The number of carbonyl (C=O) groups is 2. The number of nitrogens with zero attached hydrogens (tertiary/aromatic N) is 2. The minimum Gasteiger partial charge on any atom is -0.273 e. The number of hydrogen-bond acceptors (Lipinski definition) is 3. The molecule has 0 aromatic rings. The Morgan fingerprint density at radius 3 is 2.69 bits per heavy atom. The predicted molar refractivity (Wildman–Crippen MR) is 51.3 cm³/mol. The molecule has 74 valence electrons. The van der Waals surface area contributed by atoms with E-state index in [4.69, 9.17) is 0 Å². The quantitative estimate of drug-likeness (QED) is 0.533. The van der Waals surface area contributed by atoms with Crippen molar-refractivity contribution in [2.45, 2.75) is 11.2 Å². The van der Waals surface area contributed by atoms with Crippen molar-refractivity contribution in [1.82, 2.24) is 15.3 Å². The van der Waals surface area contributed by atoms with Crippen molar-refractivity contribution in [2.24, 2.45) is 0 Å². The van der Waals surface area contributed by atoms with Gasteiger partial charge >= 0.3 is 6.03 Å². The van der Waals surface area contributed by atoms with E-state index in [2.05, 4.69) is 21.4 Å². The van der Waals surface area contributed by atoms with Crippen molar-refractivity contribution in [3.05, 3.63) is 0 Å². The molecule has 0 radical (unpaired) electrons. The Kier molecular flexibility index (Phi) is 3.27. The SMILES string of the molecule is CN(C)NC(=O)N1CCC(Br)C1=O. The second kappa shape index (κ2) is 4.06. The second-order valence-corrected chi connectivity index (χ2v) is 4.16. The topological polar surface area (TPSA) is 52.7 Å². The van der Waals surface area contributed by atoms with E-state index in [0.29, 0.717) is 13.0 Å². The standard InChI is InChI=1S/C7H12BrN3O2/c1-10(2)9-7(13)11-4-3-5(8)6(11)12/h5H,3-4H2,1-2H3,(H,9,13). The van der Waals surface area contributed by atoms with Gasteiger partial charge in [0.15, 0.2) is 0 Å². The van der Waals surface area contributed by atoms with Crippen LogP contribution in [-0.2, 0) is 4.79 Å². The smallest absolute Gasteiger partial charge is 0.273 e. The molecule has 6 heteroatoms. The van der Waals surface area contributed by atoms with Gasteiger partial charge < -0.3 is 0 Å². The van der Waals surface area contributed by atoms with Crippen molar-refractivity contribution >= 4 is 27.9 Å². The van der Waals surface area contributed by atoms with Crippen LogP contribution in [0.15, 0.2) is 0 Å². The minimum atomic E-state index is -0.364. The van der Waals surface area contributed by atoms with Crippen LogP contribution in [0.1, 0.15) is 6.42 Å². The molecule has 0 bridgehead atoms. The molecule has 1 unspecified atom stereocenters. The van der Waals surface area contributed by atoms with Crippen molar-refractivity contribution in [3.63, 3.8) is 0 Å². The first-order valence-corrected chi connectivity index (χ1v) is 4.87. The van der Waals surface area contributed by atoms with E-state index in [1.54, 1.807) is 14.1 Å². The lowest BCUT2D eigenvalue weighted by atomic mass is 10.4. The third kappa shape index (κ3) is 2.41. The average molecular weight is 250 g/mol. The van der Waals surface area contributed by atoms with Crippen LogP contribution in [0.4, 0.5) is 4.79 Å². The fourth-order valence-corrected chi connectivity index (χ4v) is 1.55. The molecule has 1 aliphatic heterocycles. The maximum Gasteiger partial charge on any atom is 0.338 e. The summed E-state index contributed by atoms with van der Waals surface area (Å²) in [5, 5.41) is 1.51. The van der Waals surface area contributed by atoms with Crippen molar-refractivity contribution < 1.29 is 9.59 Å². The largest absolute Gasteiger partial charge is 0.338 e. The summed E-state index contributed by atoms with van der Waals surface area (Å²) in [7, 11) is 3.40. The molecule has 0 saturated carbocycles. The molecule has 1 aliphatic rings. The van der Waals surface area contributed by atoms with E-state index in [-0.39, 0.29) is 16.8 Å². The molecule has 5 nitrogen and oxygen atoms in total. The zero-order valence-electron chi connectivity index (χ0n) is 7.58. The lowest BCUT2D eigenvalue weighted by Gasteiger charge is -2.18. The fraction of sp³-hybridized carbons (Fsp3) is 0.714. The molecule has 13 heavy (non-hydrogen) atoms. The Bertz CT molecular complexity index is 232. The highest BCUT2D eigenvalue weighted by Gasteiger charge is 2.33. The van der Waals surface area contributed by atoms with Gasteiger partial charge in [0.1, 0.15) is 0 Å². The number of halogens is 1. The third-order valence-electron chi connectivity index (χ3n) is 1.70. The van der Waals surface area contributed by atoms with Crippen molar-refractivity contribution in [1.29, 1.82) is 0 Å². The van der Waals surface area contributed by atoms with Crippen LogP contribution < -0.4 is 5.43 Å². The van der Waals surface area contributed by atoms with Gasteiger partial charge in [0.2, 0.25) is 5.91 Å². The van der Waals surface area contributed by atoms with E-state index in [0.717, 1.165) is 0 Å². The molecule has 0 aromatic heterocycles. The molecule has 0 aromatic carbocycles. The van der Waals surface area contributed by atoms with Gasteiger partial charge in [-0.3, -0.25) is 15.1 Å². The molecular formula is C7H12BrN3O2. The number of carbonyl (C=O) groups excluding carboxylic acids is 2. The normalized spacial score (nSPS) is 22.6. The molecule has 1 heterocycles. The van der Waals surface area contributed by atoms with E-state index < -0.39 is 0 Å². The monoisotopic (exact) mass is 249 g/mol. The number of nitrogens with one attached hydrogen (secondary N) is 1. The Morgan fingerprint density at radius 1 is 1.69 bits per heavy atom. The summed E-state index contributed by atoms with van der Waals surface area (Å²) in [5.74, 6) is -0.167. The van der Waals surface area contributed by atoms with Gasteiger partial charge in [-0.05, 0) is 6.42 Å². The van der Waals surface area contributed by atoms with Gasteiger partial charge in [0.25, 0.3) is 0 Å². The maximum absolute atomic E-state index is 11.3. The first-order valence-electron chi connectivity index (χ1n) is 3.95. The van der Waals surface area contributed by atoms with Crippen LogP contribution in [0.2, 0.25) is 0 Å². The zero-order valence-corrected chi connectivity index (χ0v) is 9.17. The number of amides is 3. The Morgan fingerprint density at radius 2 is 2.31 bits per heavy atom. The first kappa shape index (κ1) is 10.5. The molecule has 3 amide bonds. The molecule has 0 aliphatic carbocycles. The minimum absolute atomic E-state index is 0.167. The number of alkyl halides is 1. The third-order valence-corrected chi connectivity index (χ3v) is 2.55. The summed E-state index contributed by atoms with van der Waals surface area (Å²) in [6, 6.07) is -0.364. The molecule has 1 saturated heterocycles. The summed E-state index contributed by atoms with van der Waals surface area (Å²) in [6.07, 6.45) is 0.680. The van der Waals surface area contributed by atoms with Crippen molar-refractivity contribution in [3.8, 4) is 0 Å². The number of imide groups is 1. The zero-order chi connectivity index (χ0) is 10.0. The van der Waals surface area contributed by atoms with Crippen LogP contribution in [-0.4, -0.2) is 47.3 Å². The van der Waals surface area contributed by atoms with Gasteiger partial charge in [0.05, 0.1) is 4.83 Å². The number of hydrogen-bond donors (Lipinski definition) is 1. The summed E-state index contributed by atoms with van der Waals surface area (Å²) < 4.78 is 0. The average Bonchev–Trinajstić information content (AvgIpc) is 2.31. The Balaban J connectivity index is 2.53. The fourth-order valence-electron chi connectivity index (χ4n) is 1.10. The number of hydrazine groups is 1. The van der Waals surface area contributed by atoms with Crippen LogP contribution in [0.5, 0.6) is 0 Å². The summed E-state index contributed by atoms with van der Waals surface area (Å²) in [5.41, 5.74) is 2.51. The molecule has 1 N–H and O–H groups in total. The van der Waals surface area contributed by atoms with Gasteiger partial charge in [-0.25, -0.2) is 9.80 Å². The Labute approximate surface area is 85.2 Å². The molecule has 1 atom stereocenters. The highest BCUT2D eigenvalue weighted by molar-refractivity contribution is 9.10. The van der Waals surface area contributed by atoms with E-state index in [1.165, 1.54) is 9.91 Å². The van der Waals surface area contributed by atoms with Gasteiger partial charge in [-0.15, -0.1) is 0 Å². The molecule has 0 spiro atoms. The maximum atomic E-state index is 11.3. The predicted octanol–water partition coefficient (Wildman–Crippen LogP) is 0.168. The Hall–Kier alpha value is -0.620. The van der Waals surface area contributed by atoms with Crippen molar-refractivity contribution in [2.75, 3.05) is 20.6 Å². The van der Waals surface area contributed by atoms with Gasteiger partial charge in [0, 0.05) is 20.6 Å². The van der Waals surface area contributed by atoms with E-state index in [1.807, 2.05) is 0 Å². The second-order valence-electron chi connectivity index (χ2n) is 3.06. The number of likely N-dealkylation sites (tertiary alicyclic amines) is 1. The van der Waals surface area contributed by atoms with Crippen LogP contribution in [0.25, 0.3) is 0 Å². The van der Waals surface area contributed by atoms with Crippen LogP contribution in [0.3, 0.4) is 0 Å². The highest BCUT2D eigenvalue weighted by atomic mass is 79.9. The number of rotatable bonds is 1. The molecule has 1 rings (SSSR count). The molecule has 1 fully saturated rings. The van der Waals surface area contributed by atoms with Gasteiger partial charge in [-0.2, -0.15) is 0 Å². The van der Waals surface area contributed by atoms with Crippen LogP contribution >= 0.6 is 15.9 Å². The summed E-state index contributed by atoms with van der Waals surface area (Å²) >= 11 is 3.19.